The molecule has 13 heavy (non-hydrogen) atoms. The molecule has 0 bridgehead atoms. The third-order valence-electron chi connectivity index (χ3n) is 3.17. The molecule has 0 aromatic carbocycles. The van der Waals surface area contributed by atoms with Gasteiger partial charge in [0.1, 0.15) is 0 Å². The number of allylic oxidation sites excluding steroid dienone is 4. The van der Waals surface area contributed by atoms with Crippen LogP contribution in [-0.4, -0.2) is 5.78 Å². The van der Waals surface area contributed by atoms with Crippen molar-refractivity contribution in [3.05, 3.63) is 24.3 Å². The predicted octanol–water partition coefficient (Wildman–Crippen LogP) is 3.12. The van der Waals surface area contributed by atoms with Crippen molar-refractivity contribution in [2.45, 2.75) is 33.6 Å². The summed E-state index contributed by atoms with van der Waals surface area (Å²) < 4.78 is 0. The number of ketones is 1. The van der Waals surface area contributed by atoms with Crippen molar-refractivity contribution in [2.75, 3.05) is 0 Å². The molecule has 72 valence electrons. The highest BCUT2D eigenvalue weighted by molar-refractivity contribution is 5.94. The van der Waals surface area contributed by atoms with Crippen molar-refractivity contribution in [1.82, 2.24) is 0 Å². The lowest BCUT2D eigenvalue weighted by Gasteiger charge is -2.34. The van der Waals surface area contributed by atoms with Crippen LogP contribution in [0.15, 0.2) is 24.3 Å². The van der Waals surface area contributed by atoms with Gasteiger partial charge in [0.25, 0.3) is 0 Å². The Morgan fingerprint density at radius 3 is 2.77 bits per heavy atom. The van der Waals surface area contributed by atoms with Crippen LogP contribution in [0.2, 0.25) is 0 Å². The molecule has 0 radical (unpaired) electrons. The molecule has 1 heteroatoms. The van der Waals surface area contributed by atoms with E-state index < -0.39 is 0 Å². The van der Waals surface area contributed by atoms with E-state index in [4.69, 9.17) is 0 Å². The highest BCUT2D eigenvalue weighted by Crippen LogP contribution is 2.38. The summed E-state index contributed by atoms with van der Waals surface area (Å²) >= 11 is 0. The molecule has 0 aliphatic heterocycles. The fraction of sp³-hybridized carbons (Fsp3) is 0.583. The normalized spacial score (nSPS) is 33.9. The van der Waals surface area contributed by atoms with Crippen LogP contribution in [0.5, 0.6) is 0 Å². The number of hydrogen-bond acceptors (Lipinski definition) is 1. The molecule has 1 aliphatic carbocycles. The monoisotopic (exact) mass is 178 g/mol. The summed E-state index contributed by atoms with van der Waals surface area (Å²) in [6, 6.07) is 0. The Hall–Kier alpha value is -0.850. The van der Waals surface area contributed by atoms with Crippen molar-refractivity contribution >= 4 is 5.78 Å². The molecule has 1 rings (SSSR count). The SMILES string of the molecule is CC=CC(=O)C1(C)CC=CCC1C. The molecule has 1 aliphatic rings. The zero-order chi connectivity index (χ0) is 9.90. The van der Waals surface area contributed by atoms with Gasteiger partial charge in [-0.05, 0) is 31.8 Å². The molecule has 0 fully saturated rings. The Morgan fingerprint density at radius 2 is 2.23 bits per heavy atom. The quantitative estimate of drug-likeness (QED) is 0.469. The minimum absolute atomic E-state index is 0.165. The molecule has 0 aromatic heterocycles. The van der Waals surface area contributed by atoms with Gasteiger partial charge in [0.15, 0.2) is 5.78 Å². The van der Waals surface area contributed by atoms with Crippen LogP contribution in [0.25, 0.3) is 0 Å². The summed E-state index contributed by atoms with van der Waals surface area (Å²) in [4.78, 5) is 11.8. The molecule has 0 amide bonds. The Balaban J connectivity index is 2.85. The molecular formula is C12H18O. The largest absolute Gasteiger partial charge is 0.294 e. The fourth-order valence-corrected chi connectivity index (χ4v) is 1.77. The first-order chi connectivity index (χ1) is 6.11. The van der Waals surface area contributed by atoms with Gasteiger partial charge >= 0.3 is 0 Å². The first-order valence-corrected chi connectivity index (χ1v) is 4.93. The molecule has 1 nitrogen and oxygen atoms in total. The van der Waals surface area contributed by atoms with E-state index in [9.17, 15) is 4.79 Å². The Labute approximate surface area is 80.5 Å². The van der Waals surface area contributed by atoms with Crippen molar-refractivity contribution in [3.8, 4) is 0 Å². The van der Waals surface area contributed by atoms with E-state index in [0.717, 1.165) is 12.8 Å². The van der Waals surface area contributed by atoms with Gasteiger partial charge in [-0.2, -0.15) is 0 Å². The van der Waals surface area contributed by atoms with Gasteiger partial charge in [-0.3, -0.25) is 4.79 Å². The van der Waals surface area contributed by atoms with Gasteiger partial charge in [0.2, 0.25) is 0 Å². The van der Waals surface area contributed by atoms with Gasteiger partial charge < -0.3 is 0 Å². The highest BCUT2D eigenvalue weighted by Gasteiger charge is 2.36. The number of carbonyl (C=O) groups is 1. The van der Waals surface area contributed by atoms with Crippen LogP contribution in [0, 0.1) is 11.3 Å². The standard InChI is InChI=1S/C12H18O/c1-4-7-11(13)12(3)9-6-5-8-10(12)2/h4-7,10H,8-9H2,1-3H3. The Kier molecular flexibility index (Phi) is 3.07. The van der Waals surface area contributed by atoms with Crippen molar-refractivity contribution < 1.29 is 4.79 Å². The lowest BCUT2D eigenvalue weighted by molar-refractivity contribution is -0.125. The van der Waals surface area contributed by atoms with E-state index in [0.29, 0.717) is 5.92 Å². The summed E-state index contributed by atoms with van der Waals surface area (Å²) in [7, 11) is 0. The second kappa shape index (κ2) is 3.91. The molecule has 0 saturated heterocycles. The second-order valence-corrected chi connectivity index (χ2v) is 4.09. The first kappa shape index (κ1) is 10.2. The minimum Gasteiger partial charge on any atom is -0.294 e. The maximum absolute atomic E-state index is 11.8. The highest BCUT2D eigenvalue weighted by atomic mass is 16.1. The van der Waals surface area contributed by atoms with Gasteiger partial charge in [-0.1, -0.05) is 32.1 Å². The average Bonchev–Trinajstić information content (AvgIpc) is 2.11. The van der Waals surface area contributed by atoms with Gasteiger partial charge in [0.05, 0.1) is 0 Å². The lowest BCUT2D eigenvalue weighted by atomic mass is 9.68. The molecule has 2 atom stereocenters. The van der Waals surface area contributed by atoms with E-state index in [-0.39, 0.29) is 11.2 Å². The third kappa shape index (κ3) is 1.90. The van der Waals surface area contributed by atoms with Crippen LogP contribution >= 0.6 is 0 Å². The molecular weight excluding hydrogens is 160 g/mol. The van der Waals surface area contributed by atoms with E-state index in [1.807, 2.05) is 13.0 Å². The summed E-state index contributed by atoms with van der Waals surface area (Å²) in [5, 5.41) is 0. The zero-order valence-electron chi connectivity index (χ0n) is 8.71. The van der Waals surface area contributed by atoms with Crippen molar-refractivity contribution in [3.63, 3.8) is 0 Å². The maximum atomic E-state index is 11.8. The second-order valence-electron chi connectivity index (χ2n) is 4.09. The van der Waals surface area contributed by atoms with Crippen LogP contribution < -0.4 is 0 Å². The minimum atomic E-state index is -0.165. The van der Waals surface area contributed by atoms with Crippen molar-refractivity contribution in [2.24, 2.45) is 11.3 Å². The first-order valence-electron chi connectivity index (χ1n) is 4.93. The van der Waals surface area contributed by atoms with E-state index in [2.05, 4.69) is 26.0 Å². The van der Waals surface area contributed by atoms with Gasteiger partial charge in [-0.15, -0.1) is 0 Å². The summed E-state index contributed by atoms with van der Waals surface area (Å²) in [5.74, 6) is 0.730. The Bertz CT molecular complexity index is 250. The van der Waals surface area contributed by atoms with Crippen LogP contribution in [0.4, 0.5) is 0 Å². The molecule has 0 saturated carbocycles. The number of hydrogen-bond donors (Lipinski definition) is 0. The van der Waals surface area contributed by atoms with Crippen LogP contribution in [0.3, 0.4) is 0 Å². The average molecular weight is 178 g/mol. The lowest BCUT2D eigenvalue weighted by Crippen LogP contribution is -2.34. The molecule has 0 spiro atoms. The topological polar surface area (TPSA) is 17.1 Å². The van der Waals surface area contributed by atoms with E-state index in [1.165, 1.54) is 0 Å². The van der Waals surface area contributed by atoms with Gasteiger partial charge in [0, 0.05) is 5.41 Å². The van der Waals surface area contributed by atoms with Crippen molar-refractivity contribution in [1.29, 1.82) is 0 Å². The smallest absolute Gasteiger partial charge is 0.161 e. The van der Waals surface area contributed by atoms with Crippen LogP contribution in [-0.2, 0) is 4.79 Å². The molecule has 2 unspecified atom stereocenters. The Morgan fingerprint density at radius 1 is 1.54 bits per heavy atom. The van der Waals surface area contributed by atoms with Gasteiger partial charge in [-0.25, -0.2) is 0 Å². The molecule has 0 N–H and O–H groups in total. The number of carbonyl (C=O) groups excluding carboxylic acids is 1. The fourth-order valence-electron chi connectivity index (χ4n) is 1.77. The maximum Gasteiger partial charge on any atom is 0.161 e. The third-order valence-corrected chi connectivity index (χ3v) is 3.17. The van der Waals surface area contributed by atoms with E-state index >= 15 is 0 Å². The molecule has 0 heterocycles. The summed E-state index contributed by atoms with van der Waals surface area (Å²) in [5.41, 5.74) is -0.165. The predicted molar refractivity (Wildman–Crippen MR) is 55.5 cm³/mol. The summed E-state index contributed by atoms with van der Waals surface area (Å²) in [6.07, 6.45) is 9.75. The zero-order valence-corrected chi connectivity index (χ0v) is 8.71. The summed E-state index contributed by atoms with van der Waals surface area (Å²) in [6.45, 7) is 6.12. The van der Waals surface area contributed by atoms with E-state index in [1.54, 1.807) is 6.08 Å². The van der Waals surface area contributed by atoms with Crippen LogP contribution in [0.1, 0.15) is 33.6 Å². The number of rotatable bonds is 2. The molecule has 0 aromatic rings.